The summed E-state index contributed by atoms with van der Waals surface area (Å²) in [4.78, 5) is 31.2. The van der Waals surface area contributed by atoms with E-state index in [1.807, 2.05) is 63.6 Å². The Balaban J connectivity index is 1.63. The Bertz CT molecular complexity index is 1300. The molecule has 0 saturated carbocycles. The highest BCUT2D eigenvalue weighted by Gasteiger charge is 2.29. The number of hydrogen-bond acceptors (Lipinski definition) is 9. The predicted molar refractivity (Wildman–Crippen MR) is 156 cm³/mol. The Kier molecular flexibility index (Phi) is 9.23. The van der Waals surface area contributed by atoms with Crippen molar-refractivity contribution in [2.24, 2.45) is 0 Å². The minimum atomic E-state index is -0.308. The van der Waals surface area contributed by atoms with Crippen molar-refractivity contribution in [3.05, 3.63) is 72.0 Å². The maximum absolute atomic E-state index is 12.2. The van der Waals surface area contributed by atoms with Crippen molar-refractivity contribution < 1.29 is 14.4 Å². The molecule has 2 heterocycles. The van der Waals surface area contributed by atoms with Crippen molar-refractivity contribution >= 4 is 46.2 Å². The van der Waals surface area contributed by atoms with E-state index in [0.717, 1.165) is 30.8 Å². The lowest BCUT2D eigenvalue weighted by Gasteiger charge is -2.26. The van der Waals surface area contributed by atoms with Crippen molar-refractivity contribution in [1.82, 2.24) is 14.9 Å². The topological polar surface area (TPSA) is 95.1 Å². The second kappa shape index (κ2) is 12.8. The van der Waals surface area contributed by atoms with Crippen LogP contribution in [0.25, 0.3) is 0 Å². The molecule has 1 aliphatic rings. The number of hydroxylamine groups is 1. The third-order valence-electron chi connectivity index (χ3n) is 6.36. The maximum atomic E-state index is 12.2. The van der Waals surface area contributed by atoms with Crippen LogP contribution in [0.3, 0.4) is 0 Å². The Labute approximate surface area is 234 Å². The van der Waals surface area contributed by atoms with Gasteiger partial charge >= 0.3 is 0 Å². The summed E-state index contributed by atoms with van der Waals surface area (Å²) in [6.07, 6.45) is 3.54. The lowest BCUT2D eigenvalue weighted by Crippen LogP contribution is -2.29. The summed E-state index contributed by atoms with van der Waals surface area (Å²) in [5, 5.41) is 8.71. The van der Waals surface area contributed by atoms with Crippen LogP contribution in [-0.2, 0) is 9.63 Å². The minimum Gasteiger partial charge on any atom is -0.494 e. The number of carbonyl (C=O) groups is 1. The molecule has 2 aromatic carbocycles. The molecule has 39 heavy (non-hydrogen) atoms. The first-order chi connectivity index (χ1) is 18.8. The third-order valence-corrected chi connectivity index (χ3v) is 6.61. The van der Waals surface area contributed by atoms with E-state index in [1.54, 1.807) is 12.2 Å². The molecule has 0 aliphatic carbocycles. The molecule has 1 aromatic heterocycles. The number of methoxy groups -OCH3 is 1. The van der Waals surface area contributed by atoms with Crippen molar-refractivity contribution in [2.75, 3.05) is 68.5 Å². The number of hydrogen-bond donors (Lipinski definition) is 2. The van der Waals surface area contributed by atoms with E-state index >= 15 is 0 Å². The van der Waals surface area contributed by atoms with E-state index < -0.39 is 0 Å². The highest BCUT2D eigenvalue weighted by atomic mass is 35.5. The Morgan fingerprint density at radius 2 is 1.95 bits per heavy atom. The van der Waals surface area contributed by atoms with Gasteiger partial charge in [-0.2, -0.15) is 0 Å². The number of anilines is 5. The summed E-state index contributed by atoms with van der Waals surface area (Å²) in [5.74, 6) is 1.44. The molecule has 11 heteroatoms. The summed E-state index contributed by atoms with van der Waals surface area (Å²) in [6.45, 7) is 5.74. The Morgan fingerprint density at radius 1 is 1.18 bits per heavy atom. The Morgan fingerprint density at radius 3 is 2.64 bits per heavy atom. The second-order valence-corrected chi connectivity index (χ2v) is 9.83. The number of nitrogens with zero attached hydrogens (tertiary/aromatic N) is 5. The fraction of sp³-hybridized carbons (Fsp3) is 0.321. The van der Waals surface area contributed by atoms with Crippen LogP contribution in [0.1, 0.15) is 18.0 Å². The minimum absolute atomic E-state index is 0.00254. The van der Waals surface area contributed by atoms with Crippen molar-refractivity contribution in [1.29, 1.82) is 0 Å². The van der Waals surface area contributed by atoms with Gasteiger partial charge in [0, 0.05) is 43.7 Å². The van der Waals surface area contributed by atoms with Crippen LogP contribution in [0.2, 0.25) is 5.02 Å². The molecular weight excluding hydrogens is 518 g/mol. The molecule has 1 amide bonds. The summed E-state index contributed by atoms with van der Waals surface area (Å²) in [7, 11) is 7.61. The first-order valence-electron chi connectivity index (χ1n) is 12.6. The van der Waals surface area contributed by atoms with Gasteiger partial charge in [0.15, 0.2) is 5.82 Å². The molecule has 2 N–H and O–H groups in total. The first kappa shape index (κ1) is 28.2. The van der Waals surface area contributed by atoms with Gasteiger partial charge in [-0.25, -0.2) is 15.0 Å². The molecule has 1 aliphatic heterocycles. The number of nitrogens with one attached hydrogen (secondary N) is 2. The Hall–Kier alpha value is -3.86. The number of likely N-dealkylation sites (N-methyl/N-ethyl adjacent to an activating group) is 2. The summed E-state index contributed by atoms with van der Waals surface area (Å²) in [5.41, 5.74) is 3.14. The summed E-state index contributed by atoms with van der Waals surface area (Å²) in [6, 6.07) is 13.3. The molecular formula is C28H34ClN7O3. The quantitative estimate of drug-likeness (QED) is 0.323. The number of benzene rings is 2. The number of amides is 1. The molecule has 3 aromatic rings. The molecule has 0 radical (unpaired) electrons. The van der Waals surface area contributed by atoms with Gasteiger partial charge in [0.2, 0.25) is 5.91 Å². The van der Waals surface area contributed by atoms with Gasteiger partial charge in [-0.05, 0) is 43.9 Å². The largest absolute Gasteiger partial charge is 0.494 e. The van der Waals surface area contributed by atoms with E-state index in [1.165, 1.54) is 12.4 Å². The van der Waals surface area contributed by atoms with E-state index in [2.05, 4.69) is 37.0 Å². The number of halogens is 1. The lowest BCUT2D eigenvalue weighted by atomic mass is 10.0. The zero-order valence-electron chi connectivity index (χ0n) is 22.6. The summed E-state index contributed by atoms with van der Waals surface area (Å²) < 4.78 is 5.71. The fourth-order valence-corrected chi connectivity index (χ4v) is 4.39. The normalized spacial score (nSPS) is 14.8. The lowest BCUT2D eigenvalue weighted by molar-refractivity contribution is -0.111. The second-order valence-electron chi connectivity index (χ2n) is 9.39. The number of ether oxygens (including phenoxy) is 1. The highest BCUT2D eigenvalue weighted by molar-refractivity contribution is 6.30. The summed E-state index contributed by atoms with van der Waals surface area (Å²) >= 11 is 6.08. The number of carbonyl (C=O) groups excluding carboxylic acids is 1. The van der Waals surface area contributed by atoms with E-state index in [-0.39, 0.29) is 11.9 Å². The smallest absolute Gasteiger partial charge is 0.247 e. The molecule has 1 atom stereocenters. The predicted octanol–water partition coefficient (Wildman–Crippen LogP) is 4.89. The molecule has 206 valence electrons. The average molecular weight is 552 g/mol. The maximum Gasteiger partial charge on any atom is 0.247 e. The van der Waals surface area contributed by atoms with Gasteiger partial charge in [0.05, 0.1) is 36.8 Å². The van der Waals surface area contributed by atoms with Crippen molar-refractivity contribution in [2.45, 2.75) is 12.5 Å². The third kappa shape index (κ3) is 6.97. The van der Waals surface area contributed by atoms with Crippen LogP contribution >= 0.6 is 11.6 Å². The number of aromatic nitrogens is 2. The molecule has 0 unspecified atom stereocenters. The van der Waals surface area contributed by atoms with Gasteiger partial charge in [-0.3, -0.25) is 9.63 Å². The van der Waals surface area contributed by atoms with Gasteiger partial charge in [-0.15, -0.1) is 0 Å². The SMILES string of the molecule is C=CC(=O)Nc1cc(Nc2cc(N3OCC[C@@H]3c3ccc(Cl)cc3)ncn2)c(OC)cc1N(C)CCN(C)C. The van der Waals surface area contributed by atoms with Crippen LogP contribution < -0.4 is 25.3 Å². The standard InChI is InChI=1S/C28H34ClN7O3/c1-6-28(37)33-21-15-22(25(38-5)16-24(21)35(4)13-12-34(2)3)32-26-17-27(31-18-30-26)36-23(11-14-39-36)19-7-9-20(29)10-8-19/h6-10,15-18,23H,1,11-14H2,2-5H3,(H,33,37)(H,30,31,32)/t23-/m1/s1. The van der Waals surface area contributed by atoms with Gasteiger partial charge in [-0.1, -0.05) is 30.3 Å². The fourth-order valence-electron chi connectivity index (χ4n) is 4.26. The average Bonchev–Trinajstić information content (AvgIpc) is 3.42. The molecule has 0 spiro atoms. The molecule has 0 bridgehead atoms. The highest BCUT2D eigenvalue weighted by Crippen LogP contribution is 2.39. The zero-order valence-corrected chi connectivity index (χ0v) is 23.4. The molecule has 10 nitrogen and oxygen atoms in total. The van der Waals surface area contributed by atoms with Crippen LogP contribution in [0.5, 0.6) is 5.75 Å². The van der Waals surface area contributed by atoms with Crippen LogP contribution in [0, 0.1) is 0 Å². The van der Waals surface area contributed by atoms with Gasteiger partial charge in [0.1, 0.15) is 17.9 Å². The van der Waals surface area contributed by atoms with Crippen LogP contribution in [-0.4, -0.2) is 68.7 Å². The zero-order chi connectivity index (χ0) is 27.9. The number of rotatable bonds is 11. The van der Waals surface area contributed by atoms with Crippen molar-refractivity contribution in [3.63, 3.8) is 0 Å². The van der Waals surface area contributed by atoms with Crippen LogP contribution in [0.15, 0.2) is 61.4 Å². The van der Waals surface area contributed by atoms with Crippen LogP contribution in [0.4, 0.5) is 28.7 Å². The van der Waals surface area contributed by atoms with E-state index in [0.29, 0.717) is 40.4 Å². The molecule has 1 saturated heterocycles. The van der Waals surface area contributed by atoms with E-state index in [9.17, 15) is 4.79 Å². The first-order valence-corrected chi connectivity index (χ1v) is 12.9. The van der Waals surface area contributed by atoms with Gasteiger partial charge < -0.3 is 25.2 Å². The van der Waals surface area contributed by atoms with E-state index in [4.69, 9.17) is 21.2 Å². The molecule has 4 rings (SSSR count). The van der Waals surface area contributed by atoms with Crippen molar-refractivity contribution in [3.8, 4) is 5.75 Å². The molecule has 1 fully saturated rings. The van der Waals surface area contributed by atoms with Gasteiger partial charge in [0.25, 0.3) is 0 Å². The monoisotopic (exact) mass is 551 g/mol.